The van der Waals surface area contributed by atoms with Gasteiger partial charge in [-0.2, -0.15) is 0 Å². The van der Waals surface area contributed by atoms with Gasteiger partial charge in [-0.1, -0.05) is 12.1 Å². The molecule has 1 aliphatic rings. The number of carbonyl (C=O) groups excluding carboxylic acids is 1. The molecule has 1 fully saturated rings. The maximum atomic E-state index is 12.8. The number of likely N-dealkylation sites (tertiary alicyclic amines) is 1. The van der Waals surface area contributed by atoms with Crippen molar-refractivity contribution in [3.63, 3.8) is 0 Å². The molecule has 5 nitrogen and oxygen atoms in total. The van der Waals surface area contributed by atoms with Crippen LogP contribution in [-0.4, -0.2) is 27.3 Å². The van der Waals surface area contributed by atoms with E-state index in [0.29, 0.717) is 12.8 Å². The molecule has 4 rings (SSSR count). The van der Waals surface area contributed by atoms with Gasteiger partial charge in [-0.15, -0.1) is 0 Å². The number of hydrogen-bond donors (Lipinski definition) is 1. The molecule has 3 heterocycles. The Hall–Kier alpha value is -2.56. The van der Waals surface area contributed by atoms with Gasteiger partial charge >= 0.3 is 0 Å². The monoisotopic (exact) mass is 337 g/mol. The van der Waals surface area contributed by atoms with Gasteiger partial charge in [-0.3, -0.25) is 4.79 Å². The summed E-state index contributed by atoms with van der Waals surface area (Å²) in [5.74, 6) is 2.85. The minimum Gasteiger partial charge on any atom is -0.466 e. The Morgan fingerprint density at radius 1 is 1.28 bits per heavy atom. The highest BCUT2D eigenvalue weighted by molar-refractivity contribution is 5.78. The van der Waals surface area contributed by atoms with Crippen LogP contribution in [-0.2, 0) is 11.2 Å². The van der Waals surface area contributed by atoms with Gasteiger partial charge in [0, 0.05) is 19.4 Å². The molecule has 1 aliphatic heterocycles. The molecular formula is C20H23N3O2. The lowest BCUT2D eigenvalue weighted by Crippen LogP contribution is -2.39. The molecule has 3 aromatic rings. The standard InChI is InChI=1S/C20H23N3O2/c1-14-9-10-15(25-14)11-12-19(24)23-13-5-4-8-18(23)20-21-16-6-2-3-7-17(16)22-20/h2-3,6-7,9-10,18H,4-5,8,11-13H2,1H3,(H,21,22)/t18-/m0/s1. The topological polar surface area (TPSA) is 62.1 Å². The molecule has 0 saturated carbocycles. The highest BCUT2D eigenvalue weighted by Crippen LogP contribution is 2.31. The number of H-pyrrole nitrogens is 1. The molecule has 1 amide bonds. The second kappa shape index (κ2) is 6.75. The zero-order chi connectivity index (χ0) is 17.2. The lowest BCUT2D eigenvalue weighted by atomic mass is 10.0. The van der Waals surface area contributed by atoms with Gasteiger partial charge in [0.1, 0.15) is 17.3 Å². The van der Waals surface area contributed by atoms with Crippen LogP contribution in [0.15, 0.2) is 40.8 Å². The van der Waals surface area contributed by atoms with Crippen molar-refractivity contribution in [3.8, 4) is 0 Å². The second-order valence-corrected chi connectivity index (χ2v) is 6.75. The molecular weight excluding hydrogens is 314 g/mol. The molecule has 0 unspecified atom stereocenters. The third kappa shape index (κ3) is 3.31. The number of hydrogen-bond acceptors (Lipinski definition) is 3. The Bertz CT molecular complexity index is 847. The molecule has 1 saturated heterocycles. The number of para-hydroxylation sites is 2. The highest BCUT2D eigenvalue weighted by Gasteiger charge is 2.30. The number of carbonyl (C=O) groups is 1. The van der Waals surface area contributed by atoms with E-state index < -0.39 is 0 Å². The van der Waals surface area contributed by atoms with E-state index >= 15 is 0 Å². The minimum absolute atomic E-state index is 0.0481. The van der Waals surface area contributed by atoms with E-state index in [1.165, 1.54) is 0 Å². The Morgan fingerprint density at radius 3 is 2.96 bits per heavy atom. The molecule has 1 atom stereocenters. The average molecular weight is 337 g/mol. The van der Waals surface area contributed by atoms with Crippen molar-refractivity contribution in [2.75, 3.05) is 6.54 Å². The van der Waals surface area contributed by atoms with Crippen molar-refractivity contribution in [3.05, 3.63) is 53.7 Å². The first kappa shape index (κ1) is 15.9. The lowest BCUT2D eigenvalue weighted by molar-refractivity contribution is -0.135. The van der Waals surface area contributed by atoms with Gasteiger partial charge in [0.15, 0.2) is 0 Å². The zero-order valence-electron chi connectivity index (χ0n) is 14.5. The van der Waals surface area contributed by atoms with Crippen LogP contribution < -0.4 is 0 Å². The Morgan fingerprint density at radius 2 is 2.16 bits per heavy atom. The van der Waals surface area contributed by atoms with E-state index in [9.17, 15) is 4.79 Å². The smallest absolute Gasteiger partial charge is 0.223 e. The molecule has 0 radical (unpaired) electrons. The number of amides is 1. The fourth-order valence-corrected chi connectivity index (χ4v) is 3.64. The summed E-state index contributed by atoms with van der Waals surface area (Å²) in [7, 11) is 0. The Kier molecular flexibility index (Phi) is 4.30. The number of rotatable bonds is 4. The Labute approximate surface area is 147 Å². The predicted octanol–water partition coefficient (Wildman–Crippen LogP) is 4.15. The van der Waals surface area contributed by atoms with Crippen molar-refractivity contribution in [2.45, 2.75) is 45.1 Å². The molecule has 5 heteroatoms. The van der Waals surface area contributed by atoms with E-state index in [1.807, 2.05) is 48.2 Å². The van der Waals surface area contributed by atoms with Crippen molar-refractivity contribution in [2.24, 2.45) is 0 Å². The van der Waals surface area contributed by atoms with Crippen LogP contribution in [0.25, 0.3) is 11.0 Å². The van der Waals surface area contributed by atoms with Gasteiger partial charge in [-0.25, -0.2) is 4.98 Å². The molecule has 2 aromatic heterocycles. The first-order valence-electron chi connectivity index (χ1n) is 9.00. The zero-order valence-corrected chi connectivity index (χ0v) is 14.5. The second-order valence-electron chi connectivity index (χ2n) is 6.75. The fourth-order valence-electron chi connectivity index (χ4n) is 3.64. The van der Waals surface area contributed by atoms with Gasteiger partial charge < -0.3 is 14.3 Å². The number of fused-ring (bicyclic) bond motifs is 1. The largest absolute Gasteiger partial charge is 0.466 e. The van der Waals surface area contributed by atoms with Gasteiger partial charge in [-0.05, 0) is 50.5 Å². The summed E-state index contributed by atoms with van der Waals surface area (Å²) in [4.78, 5) is 22.9. The summed E-state index contributed by atoms with van der Waals surface area (Å²) in [6, 6.07) is 12.0. The number of nitrogens with zero attached hydrogens (tertiary/aromatic N) is 2. The van der Waals surface area contributed by atoms with Crippen LogP contribution in [0.1, 0.15) is 49.1 Å². The molecule has 1 aromatic carbocycles. The van der Waals surface area contributed by atoms with Crippen molar-refractivity contribution < 1.29 is 9.21 Å². The first-order valence-corrected chi connectivity index (χ1v) is 9.00. The van der Waals surface area contributed by atoms with E-state index in [1.54, 1.807) is 0 Å². The summed E-state index contributed by atoms with van der Waals surface area (Å²) < 4.78 is 5.58. The fraction of sp³-hybridized carbons (Fsp3) is 0.400. The van der Waals surface area contributed by atoms with Crippen LogP contribution in [0, 0.1) is 6.92 Å². The summed E-state index contributed by atoms with van der Waals surface area (Å²) >= 11 is 0. The summed E-state index contributed by atoms with van der Waals surface area (Å²) in [6.07, 6.45) is 4.27. The maximum Gasteiger partial charge on any atom is 0.223 e. The van der Waals surface area contributed by atoms with Gasteiger partial charge in [0.2, 0.25) is 5.91 Å². The minimum atomic E-state index is 0.0481. The summed E-state index contributed by atoms with van der Waals surface area (Å²) in [6.45, 7) is 2.73. The van der Waals surface area contributed by atoms with Crippen LogP contribution in [0.5, 0.6) is 0 Å². The number of piperidine rings is 1. The molecule has 0 bridgehead atoms. The third-order valence-corrected chi connectivity index (χ3v) is 4.93. The number of aromatic amines is 1. The quantitative estimate of drug-likeness (QED) is 0.778. The van der Waals surface area contributed by atoms with Crippen LogP contribution >= 0.6 is 0 Å². The number of aromatic nitrogens is 2. The molecule has 1 N–H and O–H groups in total. The predicted molar refractivity (Wildman–Crippen MR) is 96.2 cm³/mol. The van der Waals surface area contributed by atoms with Crippen molar-refractivity contribution >= 4 is 16.9 Å². The highest BCUT2D eigenvalue weighted by atomic mass is 16.3. The molecule has 0 spiro atoms. The van der Waals surface area contributed by atoms with E-state index in [2.05, 4.69) is 4.98 Å². The van der Waals surface area contributed by atoms with Crippen LogP contribution in [0.4, 0.5) is 0 Å². The van der Waals surface area contributed by atoms with Crippen molar-refractivity contribution in [1.82, 2.24) is 14.9 Å². The lowest BCUT2D eigenvalue weighted by Gasteiger charge is -2.34. The van der Waals surface area contributed by atoms with Crippen molar-refractivity contribution in [1.29, 1.82) is 0 Å². The number of imidazole rings is 1. The molecule has 130 valence electrons. The molecule has 25 heavy (non-hydrogen) atoms. The Balaban J connectivity index is 1.50. The summed E-state index contributed by atoms with van der Waals surface area (Å²) in [5, 5.41) is 0. The molecule has 0 aliphatic carbocycles. The van der Waals surface area contributed by atoms with E-state index in [0.717, 1.165) is 54.2 Å². The number of furan rings is 1. The van der Waals surface area contributed by atoms with E-state index in [-0.39, 0.29) is 11.9 Å². The SMILES string of the molecule is Cc1ccc(CCC(=O)N2CCCC[C@H]2c2nc3ccccc3[nH]2)o1. The van der Waals surface area contributed by atoms with Crippen LogP contribution in [0.3, 0.4) is 0 Å². The maximum absolute atomic E-state index is 12.8. The van der Waals surface area contributed by atoms with Gasteiger partial charge in [0.25, 0.3) is 0 Å². The first-order chi connectivity index (χ1) is 12.2. The normalized spacial score (nSPS) is 18.0. The van der Waals surface area contributed by atoms with E-state index in [4.69, 9.17) is 9.40 Å². The van der Waals surface area contributed by atoms with Gasteiger partial charge in [0.05, 0.1) is 17.1 Å². The summed E-state index contributed by atoms with van der Waals surface area (Å²) in [5.41, 5.74) is 1.99. The number of nitrogens with one attached hydrogen (secondary N) is 1. The average Bonchev–Trinajstić information content (AvgIpc) is 3.25. The number of aryl methyl sites for hydroxylation is 2. The van der Waals surface area contributed by atoms with Crippen LogP contribution in [0.2, 0.25) is 0 Å². The third-order valence-electron chi connectivity index (χ3n) is 4.93. The number of benzene rings is 1.